The Balaban J connectivity index is 2.51. The molecule has 4 atom stereocenters. The van der Waals surface area contributed by atoms with Gasteiger partial charge in [-0.2, -0.15) is 0 Å². The summed E-state index contributed by atoms with van der Waals surface area (Å²) in [6.45, 7) is 17.8. The van der Waals surface area contributed by atoms with Gasteiger partial charge < -0.3 is 15.3 Å². The molecule has 0 heterocycles. The molecule has 6 nitrogen and oxygen atoms in total. The molecule has 3 N–H and O–H groups in total. The number of carbonyl (C=O) groups is 3. The molecule has 1 aromatic carbocycles. The third kappa shape index (κ3) is 6.13. The number of carbonyl (C=O) groups excluding carboxylic acids is 3. The summed E-state index contributed by atoms with van der Waals surface area (Å²) in [5, 5.41) is 31.8. The Labute approximate surface area is 263 Å². The number of Topliss-reactive ketones (excluding diaryl/α,β-unsaturated/α-hetero) is 3. The number of hydrogen-bond acceptors (Lipinski definition) is 6. The van der Waals surface area contributed by atoms with E-state index in [0.717, 1.165) is 28.4 Å². The fraction of sp³-hybridized carbons (Fsp3) is 0.500. The van der Waals surface area contributed by atoms with Gasteiger partial charge in [0.05, 0.1) is 5.41 Å². The first-order valence-electron chi connectivity index (χ1n) is 15.6. The zero-order chi connectivity index (χ0) is 33.2. The largest absolute Gasteiger partial charge is 0.506 e. The van der Waals surface area contributed by atoms with E-state index in [9.17, 15) is 20.1 Å². The number of allylic oxidation sites excluding steroid dienone is 9. The van der Waals surface area contributed by atoms with Crippen LogP contribution in [0.1, 0.15) is 106 Å². The molecule has 6 heteroatoms. The van der Waals surface area contributed by atoms with E-state index in [0.29, 0.717) is 19.3 Å². The van der Waals surface area contributed by atoms with Crippen LogP contribution in [0, 0.1) is 22.2 Å². The lowest BCUT2D eigenvalue weighted by molar-refractivity contribution is -0.178. The first kappa shape index (κ1) is 34.8. The van der Waals surface area contributed by atoms with Crippen molar-refractivity contribution in [3.63, 3.8) is 0 Å². The molecule has 1 aromatic rings. The van der Waals surface area contributed by atoms with Crippen molar-refractivity contribution in [2.75, 3.05) is 0 Å². The number of phenolic OH excluding ortho intramolecular Hbond substituents is 2. The maximum Gasteiger partial charge on any atom is 0.184 e. The summed E-state index contributed by atoms with van der Waals surface area (Å²) >= 11 is 0. The van der Waals surface area contributed by atoms with Gasteiger partial charge >= 0.3 is 0 Å². The van der Waals surface area contributed by atoms with Gasteiger partial charge in [0.15, 0.2) is 28.8 Å². The van der Waals surface area contributed by atoms with Crippen molar-refractivity contribution in [3.05, 3.63) is 75.9 Å². The molecule has 2 fully saturated rings. The SMILES string of the molecule is CC(C)=CCC[C@]1(C)[C@H](CC=C(C)C)C[C@]2(CC=C(C)C)C(=O)C(=C(O)c3ccc(O)c(O)c3)C(=O)[C@@]1(CC=C(C)C)C2=O. The summed E-state index contributed by atoms with van der Waals surface area (Å²) in [6, 6.07) is 3.67. The Kier molecular flexibility index (Phi) is 10.4. The number of hydrogen-bond donors (Lipinski definition) is 3. The fourth-order valence-electron chi connectivity index (χ4n) is 7.12. The molecule has 2 aliphatic rings. The highest BCUT2D eigenvalue weighted by atomic mass is 16.3. The van der Waals surface area contributed by atoms with Gasteiger partial charge in [-0.25, -0.2) is 0 Å². The van der Waals surface area contributed by atoms with Gasteiger partial charge in [0.1, 0.15) is 16.7 Å². The van der Waals surface area contributed by atoms with Gasteiger partial charge in [-0.15, -0.1) is 0 Å². The van der Waals surface area contributed by atoms with Crippen molar-refractivity contribution in [1.29, 1.82) is 0 Å². The second-order valence-electron chi connectivity index (χ2n) is 14.0. The molecule has 0 radical (unpaired) electrons. The second kappa shape index (κ2) is 13.1. The molecule has 2 aliphatic carbocycles. The van der Waals surface area contributed by atoms with Crippen molar-refractivity contribution in [2.24, 2.45) is 22.2 Å². The predicted molar refractivity (Wildman–Crippen MR) is 176 cm³/mol. The number of aliphatic hydroxyl groups is 1. The van der Waals surface area contributed by atoms with Crippen LogP contribution < -0.4 is 0 Å². The van der Waals surface area contributed by atoms with Gasteiger partial charge in [0.25, 0.3) is 0 Å². The first-order valence-corrected chi connectivity index (χ1v) is 15.6. The van der Waals surface area contributed by atoms with Crippen LogP contribution >= 0.6 is 0 Å². The van der Waals surface area contributed by atoms with Crippen molar-refractivity contribution in [3.8, 4) is 11.5 Å². The molecule has 0 amide bonds. The van der Waals surface area contributed by atoms with Crippen LogP contribution in [0.5, 0.6) is 11.5 Å². The van der Waals surface area contributed by atoms with E-state index in [-0.39, 0.29) is 36.5 Å². The summed E-state index contributed by atoms with van der Waals surface area (Å²) < 4.78 is 0. The zero-order valence-corrected chi connectivity index (χ0v) is 27.9. The van der Waals surface area contributed by atoms with Gasteiger partial charge in [-0.05, 0) is 123 Å². The quantitative estimate of drug-likeness (QED) is 0.0616. The minimum absolute atomic E-state index is 0.0199. The summed E-state index contributed by atoms with van der Waals surface area (Å²) in [7, 11) is 0. The van der Waals surface area contributed by atoms with Crippen molar-refractivity contribution in [1.82, 2.24) is 0 Å². The Bertz CT molecular complexity index is 1480. The lowest BCUT2D eigenvalue weighted by Gasteiger charge is -2.61. The molecule has 2 bridgehead atoms. The van der Waals surface area contributed by atoms with Crippen LogP contribution in [0.4, 0.5) is 0 Å². The summed E-state index contributed by atoms with van der Waals surface area (Å²) in [5.41, 5.74) is -0.210. The zero-order valence-electron chi connectivity index (χ0n) is 27.9. The van der Waals surface area contributed by atoms with E-state index in [1.54, 1.807) is 0 Å². The van der Waals surface area contributed by atoms with Gasteiger partial charge in [0.2, 0.25) is 0 Å². The van der Waals surface area contributed by atoms with Gasteiger partial charge in [-0.1, -0.05) is 53.5 Å². The third-order valence-corrected chi connectivity index (χ3v) is 9.76. The number of rotatable bonds is 10. The standard InChI is InChI=1S/C38H50O6/c1-23(2)11-10-18-36(9)28(14-12-24(3)4)22-37(19-16-25(5)6)33(42)31(32(41)27-13-15-29(39)30(40)21-27)34(43)38(36,35(37)44)20-17-26(7)8/h11-13,15-17,21,28,39-41H,10,14,18-20,22H2,1-9H3/t28-,36-,37-,38+/m1/s1. The highest BCUT2D eigenvalue weighted by molar-refractivity contribution is 6.41. The van der Waals surface area contributed by atoms with E-state index >= 15 is 9.59 Å². The number of ketones is 3. The summed E-state index contributed by atoms with van der Waals surface area (Å²) in [6.07, 6.45) is 10.4. The predicted octanol–water partition coefficient (Wildman–Crippen LogP) is 8.90. The van der Waals surface area contributed by atoms with Crippen LogP contribution in [0.3, 0.4) is 0 Å². The highest BCUT2D eigenvalue weighted by Crippen LogP contribution is 2.67. The minimum Gasteiger partial charge on any atom is -0.506 e. The summed E-state index contributed by atoms with van der Waals surface area (Å²) in [4.78, 5) is 45.0. The van der Waals surface area contributed by atoms with E-state index in [2.05, 4.69) is 12.2 Å². The van der Waals surface area contributed by atoms with E-state index in [4.69, 9.17) is 0 Å². The van der Waals surface area contributed by atoms with Crippen LogP contribution in [0.15, 0.2) is 70.4 Å². The van der Waals surface area contributed by atoms with Gasteiger partial charge in [-0.3, -0.25) is 14.4 Å². The molecule has 3 rings (SSSR count). The molecule has 0 aliphatic heterocycles. The Morgan fingerprint density at radius 1 is 0.795 bits per heavy atom. The molecule has 2 saturated carbocycles. The van der Waals surface area contributed by atoms with E-state index in [1.807, 2.05) is 74.5 Å². The van der Waals surface area contributed by atoms with Gasteiger partial charge in [0, 0.05) is 5.56 Å². The van der Waals surface area contributed by atoms with Crippen LogP contribution in [-0.4, -0.2) is 32.7 Å². The van der Waals surface area contributed by atoms with Crippen LogP contribution in [-0.2, 0) is 14.4 Å². The normalized spacial score (nSPS) is 27.4. The van der Waals surface area contributed by atoms with E-state index < -0.39 is 50.6 Å². The Hall–Kier alpha value is -3.67. The highest BCUT2D eigenvalue weighted by Gasteiger charge is 2.74. The maximum absolute atomic E-state index is 15.2. The third-order valence-electron chi connectivity index (χ3n) is 9.76. The molecular formula is C38H50O6. The average molecular weight is 603 g/mol. The number of aromatic hydroxyl groups is 2. The number of benzene rings is 1. The number of aliphatic hydroxyl groups excluding tert-OH is 1. The lowest BCUT2D eigenvalue weighted by Crippen LogP contribution is -2.70. The first-order chi connectivity index (χ1) is 20.4. The van der Waals surface area contributed by atoms with Crippen molar-refractivity contribution < 1.29 is 29.7 Å². The maximum atomic E-state index is 15.2. The smallest absolute Gasteiger partial charge is 0.184 e. The fourth-order valence-corrected chi connectivity index (χ4v) is 7.12. The monoisotopic (exact) mass is 602 g/mol. The summed E-state index contributed by atoms with van der Waals surface area (Å²) in [5.74, 6) is -3.32. The molecule has 0 saturated heterocycles. The molecule has 238 valence electrons. The Morgan fingerprint density at radius 2 is 1.36 bits per heavy atom. The molecule has 44 heavy (non-hydrogen) atoms. The van der Waals surface area contributed by atoms with Crippen molar-refractivity contribution in [2.45, 2.75) is 101 Å². The Morgan fingerprint density at radius 3 is 1.91 bits per heavy atom. The minimum atomic E-state index is -1.61. The second-order valence-corrected chi connectivity index (χ2v) is 14.0. The molecule has 0 unspecified atom stereocenters. The van der Waals surface area contributed by atoms with Crippen LogP contribution in [0.2, 0.25) is 0 Å². The number of phenols is 2. The lowest BCUT2D eigenvalue weighted by atomic mass is 9.37. The average Bonchev–Trinajstić information content (AvgIpc) is 2.92. The number of fused-ring (bicyclic) bond motifs is 2. The van der Waals surface area contributed by atoms with E-state index in [1.165, 1.54) is 12.1 Å². The molecule has 0 spiro atoms. The van der Waals surface area contributed by atoms with Crippen LogP contribution in [0.25, 0.3) is 5.76 Å². The molecule has 0 aromatic heterocycles. The molecular weight excluding hydrogens is 552 g/mol. The van der Waals surface area contributed by atoms with Crippen molar-refractivity contribution >= 4 is 23.1 Å². The topological polar surface area (TPSA) is 112 Å².